The predicted octanol–water partition coefficient (Wildman–Crippen LogP) is 1.26. The molecule has 6 heteroatoms. The van der Waals surface area contributed by atoms with Gasteiger partial charge in [0, 0.05) is 5.69 Å². The van der Waals surface area contributed by atoms with Crippen molar-refractivity contribution in [1.82, 2.24) is 15.1 Å². The van der Waals surface area contributed by atoms with Crippen molar-refractivity contribution in [3.8, 4) is 17.6 Å². The molecule has 1 atom stereocenters. The van der Waals surface area contributed by atoms with Gasteiger partial charge in [0.1, 0.15) is 5.69 Å². The molecule has 2 aromatic rings. The van der Waals surface area contributed by atoms with Crippen LogP contribution >= 0.6 is 0 Å². The van der Waals surface area contributed by atoms with Crippen LogP contribution in [0.25, 0.3) is 11.5 Å². The van der Waals surface area contributed by atoms with E-state index in [-0.39, 0.29) is 12.8 Å². The van der Waals surface area contributed by atoms with E-state index in [4.69, 9.17) is 9.78 Å². The average Bonchev–Trinajstić information content (AvgIpc) is 2.78. The van der Waals surface area contributed by atoms with E-state index in [9.17, 15) is 5.11 Å². The van der Waals surface area contributed by atoms with E-state index in [0.717, 1.165) is 5.69 Å². The Bertz CT molecular complexity index is 573. The number of aliphatic hydroxyl groups is 1. The molecule has 0 aliphatic heterocycles. The monoisotopic (exact) mass is 244 g/mol. The van der Waals surface area contributed by atoms with E-state index in [1.165, 1.54) is 0 Å². The lowest BCUT2D eigenvalue weighted by Gasteiger charge is -1.99. The first-order chi connectivity index (χ1) is 8.69. The highest BCUT2D eigenvalue weighted by Crippen LogP contribution is 2.14. The van der Waals surface area contributed by atoms with Crippen molar-refractivity contribution in [2.24, 2.45) is 0 Å². The molecule has 0 amide bonds. The summed E-state index contributed by atoms with van der Waals surface area (Å²) in [5.74, 6) is 0.689. The van der Waals surface area contributed by atoms with Crippen molar-refractivity contribution in [3.63, 3.8) is 0 Å². The molecule has 2 aromatic heterocycles. The van der Waals surface area contributed by atoms with Gasteiger partial charge in [-0.05, 0) is 19.1 Å². The van der Waals surface area contributed by atoms with Crippen molar-refractivity contribution >= 4 is 0 Å². The van der Waals surface area contributed by atoms with Gasteiger partial charge >= 0.3 is 0 Å². The molecule has 0 radical (unpaired) electrons. The summed E-state index contributed by atoms with van der Waals surface area (Å²) in [5, 5.41) is 21.7. The van der Waals surface area contributed by atoms with Crippen LogP contribution < -0.4 is 0 Å². The third-order valence-corrected chi connectivity index (χ3v) is 2.32. The molecule has 1 unspecified atom stereocenters. The van der Waals surface area contributed by atoms with Crippen molar-refractivity contribution in [2.75, 3.05) is 0 Å². The molecular formula is C12H12N4O2. The maximum atomic E-state index is 9.46. The van der Waals surface area contributed by atoms with E-state index in [1.54, 1.807) is 6.07 Å². The first-order valence-electron chi connectivity index (χ1n) is 5.50. The van der Waals surface area contributed by atoms with Crippen LogP contribution in [-0.4, -0.2) is 26.3 Å². The molecular weight excluding hydrogens is 232 g/mol. The van der Waals surface area contributed by atoms with Crippen LogP contribution in [0.3, 0.4) is 0 Å². The molecule has 0 bridgehead atoms. The van der Waals surface area contributed by atoms with Gasteiger partial charge in [-0.25, -0.2) is 4.98 Å². The summed E-state index contributed by atoms with van der Waals surface area (Å²) in [6.07, 6.45) is -0.568. The summed E-state index contributed by atoms with van der Waals surface area (Å²) in [4.78, 5) is 8.41. The molecule has 0 saturated heterocycles. The third kappa shape index (κ3) is 2.90. The Morgan fingerprint density at radius 1 is 1.44 bits per heavy atom. The molecule has 0 aliphatic rings. The first-order valence-corrected chi connectivity index (χ1v) is 5.50. The molecule has 18 heavy (non-hydrogen) atoms. The topological polar surface area (TPSA) is 95.8 Å². The van der Waals surface area contributed by atoms with Gasteiger partial charge < -0.3 is 9.63 Å². The first kappa shape index (κ1) is 12.2. The number of hydrogen-bond acceptors (Lipinski definition) is 6. The summed E-state index contributed by atoms with van der Waals surface area (Å²) < 4.78 is 5.01. The number of rotatable bonds is 4. The zero-order valence-corrected chi connectivity index (χ0v) is 9.87. The fourth-order valence-electron chi connectivity index (χ4n) is 1.49. The minimum absolute atomic E-state index is 0.0421. The summed E-state index contributed by atoms with van der Waals surface area (Å²) in [6, 6.07) is 7.40. The minimum Gasteiger partial charge on any atom is -0.392 e. The predicted molar refractivity (Wildman–Crippen MR) is 62.2 cm³/mol. The average molecular weight is 244 g/mol. The summed E-state index contributed by atoms with van der Waals surface area (Å²) >= 11 is 0. The van der Waals surface area contributed by atoms with Crippen LogP contribution in [0.15, 0.2) is 22.7 Å². The molecule has 0 aromatic carbocycles. The Balaban J connectivity index is 2.13. The number of aryl methyl sites for hydroxylation is 1. The fourth-order valence-corrected chi connectivity index (χ4v) is 1.49. The minimum atomic E-state index is -0.784. The number of aliphatic hydroxyl groups excluding tert-OH is 1. The summed E-state index contributed by atoms with van der Waals surface area (Å²) in [5.41, 5.74) is 1.49. The normalized spacial score (nSPS) is 12.1. The molecule has 0 saturated carbocycles. The van der Waals surface area contributed by atoms with Crippen LogP contribution in [-0.2, 0) is 6.42 Å². The van der Waals surface area contributed by atoms with Crippen LogP contribution in [0.2, 0.25) is 0 Å². The highest BCUT2D eigenvalue weighted by molar-refractivity contribution is 5.47. The molecule has 6 nitrogen and oxygen atoms in total. The molecule has 0 spiro atoms. The number of nitrogens with zero attached hydrogens (tertiary/aromatic N) is 4. The van der Waals surface area contributed by atoms with Crippen LogP contribution in [0.5, 0.6) is 0 Å². The highest BCUT2D eigenvalue weighted by atomic mass is 16.5. The molecule has 1 N–H and O–H groups in total. The highest BCUT2D eigenvalue weighted by Gasteiger charge is 2.13. The second-order valence-corrected chi connectivity index (χ2v) is 3.90. The van der Waals surface area contributed by atoms with Gasteiger partial charge in [0.25, 0.3) is 0 Å². The van der Waals surface area contributed by atoms with Gasteiger partial charge in [0.05, 0.1) is 25.0 Å². The van der Waals surface area contributed by atoms with Gasteiger partial charge in [-0.2, -0.15) is 10.2 Å². The Hall–Kier alpha value is -2.26. The third-order valence-electron chi connectivity index (χ3n) is 2.32. The van der Waals surface area contributed by atoms with Crippen molar-refractivity contribution < 1.29 is 9.63 Å². The van der Waals surface area contributed by atoms with Crippen LogP contribution in [0.4, 0.5) is 0 Å². The van der Waals surface area contributed by atoms with E-state index < -0.39 is 6.10 Å². The smallest absolute Gasteiger partial charge is 0.229 e. The van der Waals surface area contributed by atoms with Gasteiger partial charge in [0.15, 0.2) is 0 Å². The molecule has 92 valence electrons. The zero-order valence-electron chi connectivity index (χ0n) is 9.87. The molecule has 2 heterocycles. The maximum Gasteiger partial charge on any atom is 0.229 e. The zero-order chi connectivity index (χ0) is 13.0. The lowest BCUT2D eigenvalue weighted by molar-refractivity contribution is 0.167. The van der Waals surface area contributed by atoms with Crippen molar-refractivity contribution in [1.29, 1.82) is 5.26 Å². The van der Waals surface area contributed by atoms with E-state index >= 15 is 0 Å². The maximum absolute atomic E-state index is 9.46. The van der Waals surface area contributed by atoms with E-state index in [1.807, 2.05) is 25.1 Å². The number of pyridine rings is 1. The number of aromatic nitrogens is 3. The Morgan fingerprint density at radius 2 is 2.28 bits per heavy atom. The fraction of sp³-hybridized carbons (Fsp3) is 0.333. The van der Waals surface area contributed by atoms with Gasteiger partial charge in [0.2, 0.25) is 11.7 Å². The Labute approximate surface area is 104 Å². The molecule has 2 rings (SSSR count). The Kier molecular flexibility index (Phi) is 3.65. The molecule has 0 aliphatic carbocycles. The number of hydrogen-bond donors (Lipinski definition) is 1. The summed E-state index contributed by atoms with van der Waals surface area (Å²) in [6.45, 7) is 1.88. The van der Waals surface area contributed by atoms with Gasteiger partial charge in [-0.15, -0.1) is 0 Å². The van der Waals surface area contributed by atoms with Crippen molar-refractivity contribution in [2.45, 2.75) is 25.9 Å². The second-order valence-electron chi connectivity index (χ2n) is 3.90. The lowest BCUT2D eigenvalue weighted by Crippen LogP contribution is -2.09. The standard InChI is InChI=1S/C12H12N4O2/c1-8-3-2-4-10(14-8)12-15-11(18-16-12)7-9(17)5-6-13/h2-4,9,17H,5,7H2,1H3. The van der Waals surface area contributed by atoms with Crippen molar-refractivity contribution in [3.05, 3.63) is 29.8 Å². The molecule has 0 fully saturated rings. The SMILES string of the molecule is Cc1cccc(-c2noc(CC(O)CC#N)n2)n1. The van der Waals surface area contributed by atoms with Crippen LogP contribution in [0.1, 0.15) is 18.0 Å². The van der Waals surface area contributed by atoms with Gasteiger partial charge in [-0.3, -0.25) is 0 Å². The largest absolute Gasteiger partial charge is 0.392 e. The summed E-state index contributed by atoms with van der Waals surface area (Å²) in [7, 11) is 0. The second kappa shape index (κ2) is 5.38. The lowest BCUT2D eigenvalue weighted by atomic mass is 10.2. The van der Waals surface area contributed by atoms with E-state index in [2.05, 4.69) is 15.1 Å². The quantitative estimate of drug-likeness (QED) is 0.869. The van der Waals surface area contributed by atoms with Gasteiger partial charge in [-0.1, -0.05) is 11.2 Å². The van der Waals surface area contributed by atoms with Crippen LogP contribution in [0, 0.1) is 18.3 Å². The Morgan fingerprint density at radius 3 is 3.00 bits per heavy atom. The van der Waals surface area contributed by atoms with E-state index in [0.29, 0.717) is 17.4 Å². The number of nitriles is 1.